The molecule has 0 aliphatic carbocycles. The van der Waals surface area contributed by atoms with Crippen LogP contribution in [0.3, 0.4) is 0 Å². The molecule has 4 rings (SSSR count). The van der Waals surface area contributed by atoms with Gasteiger partial charge in [-0.05, 0) is 44.0 Å². The first-order chi connectivity index (χ1) is 9.81. The van der Waals surface area contributed by atoms with Gasteiger partial charge in [0.05, 0.1) is 12.3 Å². The molecule has 6 heteroatoms. The van der Waals surface area contributed by atoms with Crippen LogP contribution in [0.15, 0.2) is 34.9 Å². The number of fused-ring (bicyclic) bond motifs is 1. The van der Waals surface area contributed by atoms with E-state index in [4.69, 9.17) is 4.42 Å². The number of rotatable bonds is 2. The number of aromatic nitrogens is 4. The molecule has 1 aliphatic heterocycles. The van der Waals surface area contributed by atoms with Gasteiger partial charge in [-0.15, -0.1) is 14.8 Å². The summed E-state index contributed by atoms with van der Waals surface area (Å²) in [5, 5.41) is 8.84. The minimum Gasteiger partial charge on any atom is -0.467 e. The first-order valence-corrected chi connectivity index (χ1v) is 6.82. The molecule has 0 aromatic carbocycles. The highest BCUT2D eigenvalue weighted by Crippen LogP contribution is 2.35. The van der Waals surface area contributed by atoms with Crippen molar-refractivity contribution in [2.75, 3.05) is 11.4 Å². The summed E-state index contributed by atoms with van der Waals surface area (Å²) in [6.07, 6.45) is 3.95. The van der Waals surface area contributed by atoms with Gasteiger partial charge in [0.25, 0.3) is 0 Å². The maximum absolute atomic E-state index is 5.56. The summed E-state index contributed by atoms with van der Waals surface area (Å²) >= 11 is 0. The summed E-state index contributed by atoms with van der Waals surface area (Å²) in [6.45, 7) is 2.85. The molecule has 4 heterocycles. The van der Waals surface area contributed by atoms with Crippen LogP contribution in [0.1, 0.15) is 30.5 Å². The lowest BCUT2D eigenvalue weighted by Crippen LogP contribution is -2.24. The Morgan fingerprint density at radius 3 is 3.05 bits per heavy atom. The molecule has 0 N–H and O–H groups in total. The normalized spacial score (nSPS) is 19.1. The zero-order chi connectivity index (χ0) is 13.5. The molecule has 0 amide bonds. The second-order valence-corrected chi connectivity index (χ2v) is 5.07. The van der Waals surface area contributed by atoms with E-state index in [1.165, 1.54) is 0 Å². The van der Waals surface area contributed by atoms with Crippen molar-refractivity contribution in [1.82, 2.24) is 19.8 Å². The summed E-state index contributed by atoms with van der Waals surface area (Å²) in [5.74, 6) is 2.65. The topological polar surface area (TPSA) is 59.5 Å². The van der Waals surface area contributed by atoms with Crippen LogP contribution in [0.25, 0.3) is 5.65 Å². The maximum Gasteiger partial charge on any atom is 0.176 e. The Morgan fingerprint density at radius 1 is 1.25 bits per heavy atom. The van der Waals surface area contributed by atoms with Gasteiger partial charge in [-0.1, -0.05) is 0 Å². The predicted octanol–water partition coefficient (Wildman–Crippen LogP) is 2.37. The van der Waals surface area contributed by atoms with Crippen LogP contribution in [0.4, 0.5) is 5.82 Å². The van der Waals surface area contributed by atoms with Gasteiger partial charge in [0.15, 0.2) is 11.5 Å². The first-order valence-electron chi connectivity index (χ1n) is 6.82. The minimum absolute atomic E-state index is 0.263. The van der Waals surface area contributed by atoms with Crippen molar-refractivity contribution in [3.8, 4) is 0 Å². The standard InChI is InChI=1S/C14H15N5O/c1-10-15-13-6-7-14(17-19(13)16-10)18-8-2-4-11(18)12-5-3-9-20-12/h3,5-7,9,11H,2,4,8H2,1H3/t11-/m0/s1. The molecule has 1 atom stereocenters. The second-order valence-electron chi connectivity index (χ2n) is 5.07. The lowest BCUT2D eigenvalue weighted by atomic mass is 10.1. The van der Waals surface area contributed by atoms with Crippen LogP contribution in [-0.2, 0) is 0 Å². The smallest absolute Gasteiger partial charge is 0.176 e. The van der Waals surface area contributed by atoms with Gasteiger partial charge in [0.2, 0.25) is 0 Å². The molecule has 6 nitrogen and oxygen atoms in total. The van der Waals surface area contributed by atoms with Crippen molar-refractivity contribution in [2.45, 2.75) is 25.8 Å². The van der Waals surface area contributed by atoms with E-state index in [1.807, 2.05) is 31.2 Å². The van der Waals surface area contributed by atoms with Crippen molar-refractivity contribution < 1.29 is 4.42 Å². The van der Waals surface area contributed by atoms with Crippen LogP contribution in [0.5, 0.6) is 0 Å². The third kappa shape index (κ3) is 1.76. The number of aryl methyl sites for hydroxylation is 1. The van der Waals surface area contributed by atoms with Crippen molar-refractivity contribution in [1.29, 1.82) is 0 Å². The fraction of sp³-hybridized carbons (Fsp3) is 0.357. The molecule has 0 saturated carbocycles. The van der Waals surface area contributed by atoms with Gasteiger partial charge in [0.1, 0.15) is 11.6 Å². The molecule has 1 fully saturated rings. The Hall–Kier alpha value is -2.37. The van der Waals surface area contributed by atoms with E-state index >= 15 is 0 Å². The molecule has 102 valence electrons. The van der Waals surface area contributed by atoms with Crippen molar-refractivity contribution in [3.05, 3.63) is 42.1 Å². The highest BCUT2D eigenvalue weighted by atomic mass is 16.3. The van der Waals surface area contributed by atoms with E-state index in [1.54, 1.807) is 10.9 Å². The lowest BCUT2D eigenvalue weighted by molar-refractivity contribution is 0.463. The van der Waals surface area contributed by atoms with Gasteiger partial charge in [-0.25, -0.2) is 4.98 Å². The average Bonchev–Trinajstić information content (AvgIpc) is 3.16. The molecule has 0 radical (unpaired) electrons. The fourth-order valence-electron chi connectivity index (χ4n) is 2.85. The third-order valence-corrected chi connectivity index (χ3v) is 3.72. The van der Waals surface area contributed by atoms with E-state index in [0.717, 1.165) is 42.4 Å². The Balaban J connectivity index is 1.73. The number of hydrogen-bond acceptors (Lipinski definition) is 5. The quantitative estimate of drug-likeness (QED) is 0.714. The first kappa shape index (κ1) is 11.5. The van der Waals surface area contributed by atoms with E-state index in [-0.39, 0.29) is 6.04 Å². The van der Waals surface area contributed by atoms with Gasteiger partial charge in [-0.2, -0.15) is 0 Å². The highest BCUT2D eigenvalue weighted by Gasteiger charge is 2.29. The number of hydrogen-bond donors (Lipinski definition) is 0. The zero-order valence-electron chi connectivity index (χ0n) is 11.2. The molecule has 1 aliphatic rings. The van der Waals surface area contributed by atoms with Gasteiger partial charge >= 0.3 is 0 Å². The van der Waals surface area contributed by atoms with Crippen LogP contribution >= 0.6 is 0 Å². The van der Waals surface area contributed by atoms with Crippen LogP contribution in [-0.4, -0.2) is 26.4 Å². The molecule has 0 spiro atoms. The Labute approximate surface area is 116 Å². The summed E-state index contributed by atoms with van der Waals surface area (Å²) in [5.41, 5.74) is 0.778. The van der Waals surface area contributed by atoms with E-state index in [2.05, 4.69) is 20.1 Å². The Bertz CT molecular complexity index is 733. The van der Waals surface area contributed by atoms with E-state index in [0.29, 0.717) is 0 Å². The van der Waals surface area contributed by atoms with Gasteiger partial charge in [0, 0.05) is 6.54 Å². The zero-order valence-corrected chi connectivity index (χ0v) is 11.2. The van der Waals surface area contributed by atoms with Crippen molar-refractivity contribution in [3.63, 3.8) is 0 Å². The van der Waals surface area contributed by atoms with E-state index < -0.39 is 0 Å². The van der Waals surface area contributed by atoms with Crippen LogP contribution < -0.4 is 4.90 Å². The molecule has 3 aromatic rings. The van der Waals surface area contributed by atoms with Crippen LogP contribution in [0.2, 0.25) is 0 Å². The molecule has 20 heavy (non-hydrogen) atoms. The number of nitrogens with zero attached hydrogens (tertiary/aromatic N) is 5. The summed E-state index contributed by atoms with van der Waals surface area (Å²) in [6, 6.07) is 8.19. The molecule has 3 aromatic heterocycles. The van der Waals surface area contributed by atoms with Crippen molar-refractivity contribution >= 4 is 11.5 Å². The molecule has 0 unspecified atom stereocenters. The fourth-order valence-corrected chi connectivity index (χ4v) is 2.85. The number of furan rings is 1. The maximum atomic E-state index is 5.56. The van der Waals surface area contributed by atoms with Crippen molar-refractivity contribution in [2.24, 2.45) is 0 Å². The largest absolute Gasteiger partial charge is 0.467 e. The Morgan fingerprint density at radius 2 is 2.20 bits per heavy atom. The van der Waals surface area contributed by atoms with Crippen LogP contribution in [0, 0.1) is 6.92 Å². The lowest BCUT2D eigenvalue weighted by Gasteiger charge is -2.23. The summed E-state index contributed by atoms with van der Waals surface area (Å²) < 4.78 is 7.16. The molecular formula is C14H15N5O. The second kappa shape index (κ2) is 4.33. The average molecular weight is 269 g/mol. The van der Waals surface area contributed by atoms with Gasteiger partial charge in [-0.3, -0.25) is 0 Å². The molecule has 0 bridgehead atoms. The molecular weight excluding hydrogens is 254 g/mol. The predicted molar refractivity (Wildman–Crippen MR) is 73.5 cm³/mol. The van der Waals surface area contributed by atoms with Gasteiger partial charge < -0.3 is 9.32 Å². The third-order valence-electron chi connectivity index (χ3n) is 3.72. The minimum atomic E-state index is 0.263. The number of anilines is 1. The monoisotopic (exact) mass is 269 g/mol. The summed E-state index contributed by atoms with van der Waals surface area (Å²) in [7, 11) is 0. The molecule has 1 saturated heterocycles. The van der Waals surface area contributed by atoms with E-state index in [9.17, 15) is 0 Å². The summed E-state index contributed by atoms with van der Waals surface area (Å²) in [4.78, 5) is 6.58. The SMILES string of the molecule is Cc1nc2ccc(N3CCC[C@H]3c3ccco3)nn2n1. The Kier molecular flexibility index (Phi) is 2.48. The highest BCUT2D eigenvalue weighted by molar-refractivity contribution is 5.47.